The molecule has 0 bridgehead atoms. The van der Waals surface area contributed by atoms with Gasteiger partial charge in [-0.3, -0.25) is 24.5 Å². The van der Waals surface area contributed by atoms with E-state index in [1.54, 1.807) is 84.9 Å². The van der Waals surface area contributed by atoms with Gasteiger partial charge in [-0.25, -0.2) is 4.90 Å². The van der Waals surface area contributed by atoms with Gasteiger partial charge in [0.25, 0.3) is 23.6 Å². The summed E-state index contributed by atoms with van der Waals surface area (Å²) in [6.45, 7) is 0. The van der Waals surface area contributed by atoms with Crippen LogP contribution in [-0.2, 0) is 0 Å². The Labute approximate surface area is 239 Å². The van der Waals surface area contributed by atoms with Gasteiger partial charge in [0, 0.05) is 0 Å². The molecule has 0 unspecified atom stereocenters. The van der Waals surface area contributed by atoms with E-state index in [0.29, 0.717) is 39.6 Å². The Morgan fingerprint density at radius 3 is 1.55 bits per heavy atom. The third kappa shape index (κ3) is 4.37. The van der Waals surface area contributed by atoms with Crippen molar-refractivity contribution >= 4 is 29.3 Å². The highest BCUT2D eigenvalue weighted by Crippen LogP contribution is 2.34. The summed E-state index contributed by atoms with van der Waals surface area (Å²) in [5, 5.41) is 2.27. The fourth-order valence-electron chi connectivity index (χ4n) is 5.00. The van der Waals surface area contributed by atoms with Crippen molar-refractivity contribution in [2.75, 3.05) is 4.90 Å². The molecule has 8 heteroatoms. The molecule has 0 fully saturated rings. The maximum absolute atomic E-state index is 13.4. The van der Waals surface area contributed by atoms with E-state index in [1.807, 2.05) is 30.3 Å². The van der Waals surface area contributed by atoms with Gasteiger partial charge >= 0.3 is 0 Å². The number of nitrogens with zero attached hydrogens (tertiary/aromatic N) is 1. The summed E-state index contributed by atoms with van der Waals surface area (Å²) in [5.41, 5.74) is 2.85. The first-order valence-electron chi connectivity index (χ1n) is 13.1. The Morgan fingerprint density at radius 1 is 0.452 bits per heavy atom. The van der Waals surface area contributed by atoms with Crippen LogP contribution >= 0.6 is 0 Å². The first-order chi connectivity index (χ1) is 20.4. The summed E-state index contributed by atoms with van der Waals surface area (Å²) in [6.07, 6.45) is 0. The Bertz CT molecular complexity index is 1920. The van der Waals surface area contributed by atoms with Gasteiger partial charge in [-0.1, -0.05) is 30.3 Å². The van der Waals surface area contributed by atoms with E-state index in [-0.39, 0.29) is 16.7 Å². The molecule has 0 radical (unpaired) electrons. The molecule has 0 aliphatic carbocycles. The summed E-state index contributed by atoms with van der Waals surface area (Å²) in [7, 11) is 0. The number of benzene rings is 5. The van der Waals surface area contributed by atoms with Gasteiger partial charge in [-0.2, -0.15) is 0 Å². The van der Waals surface area contributed by atoms with Gasteiger partial charge in [0.15, 0.2) is 0 Å². The lowest BCUT2D eigenvalue weighted by Gasteiger charge is -2.14. The predicted molar refractivity (Wildman–Crippen MR) is 154 cm³/mol. The highest BCUT2D eigenvalue weighted by Gasteiger charge is 2.37. The number of amides is 4. The van der Waals surface area contributed by atoms with Crippen LogP contribution in [0.3, 0.4) is 0 Å². The van der Waals surface area contributed by atoms with Crippen molar-refractivity contribution in [3.63, 3.8) is 0 Å². The second kappa shape index (κ2) is 9.87. The molecule has 0 saturated carbocycles. The zero-order valence-electron chi connectivity index (χ0n) is 21.9. The number of carbonyl (C=O) groups excluding carboxylic acids is 4. The molecule has 0 saturated heterocycles. The maximum atomic E-state index is 13.4. The molecular weight excluding hydrogens is 532 g/mol. The van der Waals surface area contributed by atoms with E-state index < -0.39 is 23.6 Å². The number of imide groups is 2. The van der Waals surface area contributed by atoms with Crippen molar-refractivity contribution in [2.45, 2.75) is 0 Å². The zero-order chi connectivity index (χ0) is 28.8. The molecule has 0 atom stereocenters. The molecule has 2 heterocycles. The molecule has 0 aromatic heterocycles. The number of para-hydroxylation sites is 1. The first-order valence-corrected chi connectivity index (χ1v) is 13.1. The molecule has 0 spiro atoms. The number of ether oxygens (including phenoxy) is 2. The van der Waals surface area contributed by atoms with E-state index in [1.165, 1.54) is 0 Å². The molecule has 2 aliphatic rings. The van der Waals surface area contributed by atoms with E-state index in [9.17, 15) is 19.2 Å². The van der Waals surface area contributed by atoms with Gasteiger partial charge in [-0.15, -0.1) is 0 Å². The predicted octanol–water partition coefficient (Wildman–Crippen LogP) is 6.62. The van der Waals surface area contributed by atoms with Gasteiger partial charge in [0.05, 0.1) is 27.9 Å². The summed E-state index contributed by atoms with van der Waals surface area (Å²) < 4.78 is 11.7. The van der Waals surface area contributed by atoms with Crippen molar-refractivity contribution in [1.82, 2.24) is 5.32 Å². The lowest BCUT2D eigenvalue weighted by atomic mass is 9.97. The molecular formula is C34H20N2O6. The van der Waals surface area contributed by atoms with Gasteiger partial charge in [-0.05, 0) is 96.1 Å². The van der Waals surface area contributed by atoms with Crippen molar-refractivity contribution in [3.8, 4) is 34.1 Å². The molecule has 2 aliphatic heterocycles. The first kappa shape index (κ1) is 25.0. The van der Waals surface area contributed by atoms with Crippen LogP contribution in [0.4, 0.5) is 5.69 Å². The topological polar surface area (TPSA) is 102 Å². The van der Waals surface area contributed by atoms with Crippen molar-refractivity contribution in [1.29, 1.82) is 0 Å². The van der Waals surface area contributed by atoms with Crippen LogP contribution in [0, 0.1) is 0 Å². The summed E-state index contributed by atoms with van der Waals surface area (Å²) >= 11 is 0. The Morgan fingerprint density at radius 2 is 0.929 bits per heavy atom. The maximum Gasteiger partial charge on any atom is 0.266 e. The third-order valence-electron chi connectivity index (χ3n) is 7.09. The number of rotatable bonds is 6. The van der Waals surface area contributed by atoms with Gasteiger partial charge < -0.3 is 9.47 Å². The average molecular weight is 553 g/mol. The lowest BCUT2D eigenvalue weighted by Crippen LogP contribution is -2.29. The molecule has 8 nitrogen and oxygen atoms in total. The monoisotopic (exact) mass is 552 g/mol. The highest BCUT2D eigenvalue weighted by atomic mass is 16.5. The Hall–Kier alpha value is -6.02. The highest BCUT2D eigenvalue weighted by molar-refractivity contribution is 6.34. The fraction of sp³-hybridized carbons (Fsp3) is 0. The molecule has 5 aromatic rings. The van der Waals surface area contributed by atoms with Crippen LogP contribution in [0.2, 0.25) is 0 Å². The number of carbonyl (C=O) groups is 4. The standard InChI is InChI=1S/C34H20N2O6/c37-31-27-16-6-20(18-29(27)32(38)35-31)21-7-17-28-30(19-21)34(40)36(33(28)39)22-8-10-24(11-9-22)42-26-14-12-25(13-15-26)41-23-4-2-1-3-5-23/h1-19H,(H,35,37,38). The number of anilines is 1. The molecule has 202 valence electrons. The van der Waals surface area contributed by atoms with E-state index in [2.05, 4.69) is 5.32 Å². The van der Waals surface area contributed by atoms with Crippen molar-refractivity contribution in [2.24, 2.45) is 0 Å². The largest absolute Gasteiger partial charge is 0.457 e. The van der Waals surface area contributed by atoms with Crippen LogP contribution < -0.4 is 19.7 Å². The summed E-state index contributed by atoms with van der Waals surface area (Å²) in [4.78, 5) is 51.7. The number of hydrogen-bond acceptors (Lipinski definition) is 6. The molecule has 42 heavy (non-hydrogen) atoms. The van der Waals surface area contributed by atoms with E-state index in [0.717, 1.165) is 10.6 Å². The quantitative estimate of drug-likeness (QED) is 0.238. The molecule has 7 rings (SSSR count). The smallest absolute Gasteiger partial charge is 0.266 e. The second-order valence-corrected chi connectivity index (χ2v) is 9.73. The van der Waals surface area contributed by atoms with Crippen molar-refractivity contribution in [3.05, 3.63) is 138 Å². The van der Waals surface area contributed by atoms with Gasteiger partial charge in [0.2, 0.25) is 0 Å². The zero-order valence-corrected chi connectivity index (χ0v) is 21.9. The van der Waals surface area contributed by atoms with Crippen LogP contribution in [0.5, 0.6) is 23.0 Å². The molecule has 5 aromatic carbocycles. The molecule has 1 N–H and O–H groups in total. The minimum atomic E-state index is -0.461. The Kier molecular flexibility index (Phi) is 5.87. The van der Waals surface area contributed by atoms with E-state index >= 15 is 0 Å². The van der Waals surface area contributed by atoms with Crippen LogP contribution in [0.25, 0.3) is 11.1 Å². The summed E-state index contributed by atoms with van der Waals surface area (Å²) in [5.74, 6) is 0.775. The number of hydrogen-bond donors (Lipinski definition) is 1. The van der Waals surface area contributed by atoms with Crippen LogP contribution in [-0.4, -0.2) is 23.6 Å². The second-order valence-electron chi connectivity index (χ2n) is 9.73. The average Bonchev–Trinajstić information content (AvgIpc) is 3.45. The van der Waals surface area contributed by atoms with Crippen molar-refractivity contribution < 1.29 is 28.7 Å². The molecule has 4 amide bonds. The third-order valence-corrected chi connectivity index (χ3v) is 7.09. The van der Waals surface area contributed by atoms with Crippen LogP contribution in [0.15, 0.2) is 115 Å². The van der Waals surface area contributed by atoms with E-state index in [4.69, 9.17) is 9.47 Å². The van der Waals surface area contributed by atoms with Gasteiger partial charge in [0.1, 0.15) is 23.0 Å². The normalized spacial score (nSPS) is 13.6. The SMILES string of the molecule is O=C1NC(=O)c2cc(-c3ccc4c(c3)C(=O)N(c3ccc(Oc5ccc(Oc6ccccc6)cc5)cc3)C4=O)ccc21. The lowest BCUT2D eigenvalue weighted by molar-refractivity contribution is 0.0874. The Balaban J connectivity index is 1.07. The van der Waals surface area contributed by atoms with Crippen LogP contribution in [0.1, 0.15) is 41.4 Å². The number of nitrogens with one attached hydrogen (secondary N) is 1. The summed E-state index contributed by atoms with van der Waals surface area (Å²) in [6, 6.07) is 33.2. The minimum Gasteiger partial charge on any atom is -0.457 e. The number of fused-ring (bicyclic) bond motifs is 2. The minimum absolute atomic E-state index is 0.261. The fourth-order valence-corrected chi connectivity index (χ4v) is 5.00.